The molecule has 0 spiro atoms. The molecule has 0 unspecified atom stereocenters. The summed E-state index contributed by atoms with van der Waals surface area (Å²) in [6.07, 6.45) is 0. The maximum atomic E-state index is 13.5. The second kappa shape index (κ2) is 6.55. The van der Waals surface area contributed by atoms with Gasteiger partial charge >= 0.3 is 12.0 Å². The number of carbonyl (C=O) groups is 2. The summed E-state index contributed by atoms with van der Waals surface area (Å²) >= 11 is 0. The number of halogens is 1. The van der Waals surface area contributed by atoms with Crippen LogP contribution in [0.25, 0.3) is 0 Å². The van der Waals surface area contributed by atoms with Crippen LogP contribution in [0.15, 0.2) is 24.3 Å². The van der Waals surface area contributed by atoms with Crippen molar-refractivity contribution in [2.45, 2.75) is 6.92 Å². The summed E-state index contributed by atoms with van der Waals surface area (Å²) in [5, 5.41) is 8.33. The summed E-state index contributed by atoms with van der Waals surface area (Å²) in [5.74, 6) is -1.77. The smallest absolute Gasteiger partial charge is 0.345 e. The van der Waals surface area contributed by atoms with Gasteiger partial charge in [-0.15, -0.1) is 0 Å². The maximum absolute atomic E-state index is 13.5. The zero-order valence-corrected chi connectivity index (χ0v) is 9.72. The third kappa shape index (κ3) is 3.70. The van der Waals surface area contributed by atoms with Gasteiger partial charge in [-0.25, -0.2) is 19.5 Å². The van der Waals surface area contributed by atoms with E-state index in [0.29, 0.717) is 0 Å². The number of nitrogens with one attached hydrogen (secondary N) is 1. The second-order valence-corrected chi connectivity index (χ2v) is 3.29. The molecule has 98 valence electrons. The van der Waals surface area contributed by atoms with E-state index in [-0.39, 0.29) is 12.2 Å². The molecule has 1 aromatic rings. The number of amides is 2. The van der Waals surface area contributed by atoms with Crippen molar-refractivity contribution in [3.63, 3.8) is 0 Å². The zero-order chi connectivity index (χ0) is 13.5. The number of rotatable bonds is 5. The van der Waals surface area contributed by atoms with Crippen LogP contribution in [0.4, 0.5) is 14.9 Å². The van der Waals surface area contributed by atoms with Crippen molar-refractivity contribution in [2.24, 2.45) is 0 Å². The van der Waals surface area contributed by atoms with Crippen molar-refractivity contribution in [2.75, 3.05) is 18.1 Å². The molecule has 1 aromatic carbocycles. The van der Waals surface area contributed by atoms with Crippen molar-refractivity contribution in [3.05, 3.63) is 30.1 Å². The Morgan fingerprint density at radius 2 is 2.11 bits per heavy atom. The Hall–Kier alpha value is -2.15. The van der Waals surface area contributed by atoms with Crippen LogP contribution in [-0.2, 0) is 9.63 Å². The number of nitrogens with zero attached hydrogens (tertiary/aromatic N) is 1. The van der Waals surface area contributed by atoms with E-state index in [2.05, 4.69) is 4.84 Å². The molecule has 0 aromatic heterocycles. The quantitative estimate of drug-likeness (QED) is 0.780. The van der Waals surface area contributed by atoms with E-state index in [1.807, 2.05) is 5.48 Å². The highest BCUT2D eigenvalue weighted by atomic mass is 19.1. The summed E-state index contributed by atoms with van der Waals surface area (Å²) in [7, 11) is 0. The third-order valence-electron chi connectivity index (χ3n) is 2.06. The fourth-order valence-corrected chi connectivity index (χ4v) is 1.31. The first kappa shape index (κ1) is 13.9. The molecule has 18 heavy (non-hydrogen) atoms. The van der Waals surface area contributed by atoms with Gasteiger partial charge in [0.2, 0.25) is 0 Å². The van der Waals surface area contributed by atoms with E-state index in [4.69, 9.17) is 5.11 Å². The number of carboxylic acid groups (broad SMARTS) is 1. The SMILES string of the molecule is CCN(C(=O)NOCC(=O)O)c1ccccc1F. The molecule has 0 aliphatic rings. The van der Waals surface area contributed by atoms with Gasteiger partial charge < -0.3 is 5.11 Å². The van der Waals surface area contributed by atoms with Gasteiger partial charge in [-0.1, -0.05) is 12.1 Å². The molecular formula is C11H13FN2O4. The molecule has 0 bridgehead atoms. The van der Waals surface area contributed by atoms with E-state index in [1.165, 1.54) is 18.2 Å². The van der Waals surface area contributed by atoms with Gasteiger partial charge in [0.25, 0.3) is 0 Å². The number of anilines is 1. The van der Waals surface area contributed by atoms with Crippen LogP contribution < -0.4 is 10.4 Å². The number of hydrogen-bond acceptors (Lipinski definition) is 3. The summed E-state index contributed by atoms with van der Waals surface area (Å²) < 4.78 is 13.5. The predicted octanol–water partition coefficient (Wildman–Crippen LogP) is 1.38. The molecule has 7 heteroatoms. The van der Waals surface area contributed by atoms with Crippen LogP contribution in [0.1, 0.15) is 6.92 Å². The van der Waals surface area contributed by atoms with Crippen molar-refractivity contribution < 1.29 is 23.9 Å². The molecular weight excluding hydrogens is 243 g/mol. The minimum absolute atomic E-state index is 0.0939. The van der Waals surface area contributed by atoms with Crippen LogP contribution in [0.3, 0.4) is 0 Å². The minimum Gasteiger partial charge on any atom is -0.479 e. The van der Waals surface area contributed by atoms with Crippen molar-refractivity contribution in [3.8, 4) is 0 Å². The van der Waals surface area contributed by atoms with Gasteiger partial charge in [-0.2, -0.15) is 0 Å². The van der Waals surface area contributed by atoms with Gasteiger partial charge in [0.05, 0.1) is 5.69 Å². The Labute approximate surface area is 103 Å². The van der Waals surface area contributed by atoms with Crippen molar-refractivity contribution >= 4 is 17.7 Å². The lowest BCUT2D eigenvalue weighted by Crippen LogP contribution is -2.41. The maximum Gasteiger partial charge on any atom is 0.345 e. The molecule has 0 atom stereocenters. The van der Waals surface area contributed by atoms with Crippen molar-refractivity contribution in [1.82, 2.24) is 5.48 Å². The Morgan fingerprint density at radius 1 is 1.44 bits per heavy atom. The molecule has 0 heterocycles. The lowest BCUT2D eigenvalue weighted by atomic mass is 10.3. The third-order valence-corrected chi connectivity index (χ3v) is 2.06. The number of urea groups is 1. The van der Waals surface area contributed by atoms with E-state index < -0.39 is 24.4 Å². The normalized spacial score (nSPS) is 9.89. The lowest BCUT2D eigenvalue weighted by Gasteiger charge is -2.21. The lowest BCUT2D eigenvalue weighted by molar-refractivity contribution is -0.143. The Bertz CT molecular complexity index is 439. The fourth-order valence-electron chi connectivity index (χ4n) is 1.31. The summed E-state index contributed by atoms with van der Waals surface area (Å²) in [6.45, 7) is 1.20. The number of carboxylic acids is 1. The average Bonchev–Trinajstić information content (AvgIpc) is 2.32. The molecule has 0 saturated heterocycles. The first-order valence-electron chi connectivity index (χ1n) is 5.22. The number of hydrogen-bond donors (Lipinski definition) is 2. The van der Waals surface area contributed by atoms with Crippen LogP contribution in [0.2, 0.25) is 0 Å². The Balaban J connectivity index is 2.69. The molecule has 0 aliphatic heterocycles. The fraction of sp³-hybridized carbons (Fsp3) is 0.273. The standard InChI is InChI=1S/C11H13FN2O4/c1-2-14(9-6-4-3-5-8(9)12)11(17)13-18-7-10(15)16/h3-6H,2,7H2,1H3,(H,13,17)(H,15,16). The van der Waals surface area contributed by atoms with Gasteiger partial charge in [-0.05, 0) is 19.1 Å². The van der Waals surface area contributed by atoms with Crippen LogP contribution in [0.5, 0.6) is 0 Å². The van der Waals surface area contributed by atoms with Gasteiger partial charge in [-0.3, -0.25) is 9.74 Å². The molecule has 6 nitrogen and oxygen atoms in total. The van der Waals surface area contributed by atoms with E-state index in [9.17, 15) is 14.0 Å². The van der Waals surface area contributed by atoms with Crippen LogP contribution in [0, 0.1) is 5.82 Å². The molecule has 1 rings (SSSR count). The van der Waals surface area contributed by atoms with Gasteiger partial charge in [0.15, 0.2) is 6.61 Å². The molecule has 0 radical (unpaired) electrons. The molecule has 2 N–H and O–H groups in total. The average molecular weight is 256 g/mol. The monoisotopic (exact) mass is 256 g/mol. The van der Waals surface area contributed by atoms with Crippen molar-refractivity contribution in [1.29, 1.82) is 0 Å². The number of aliphatic carboxylic acids is 1. The highest BCUT2D eigenvalue weighted by molar-refractivity contribution is 5.91. The Morgan fingerprint density at radius 3 is 2.67 bits per heavy atom. The van der Waals surface area contributed by atoms with E-state index in [0.717, 1.165) is 4.90 Å². The number of hydroxylamine groups is 1. The van der Waals surface area contributed by atoms with Gasteiger partial charge in [0, 0.05) is 6.54 Å². The van der Waals surface area contributed by atoms with E-state index in [1.54, 1.807) is 13.0 Å². The summed E-state index contributed by atoms with van der Waals surface area (Å²) in [6, 6.07) is 5.03. The first-order valence-corrected chi connectivity index (χ1v) is 5.22. The number of carbonyl (C=O) groups excluding carboxylic acids is 1. The Kier molecular flexibility index (Phi) is 5.06. The predicted molar refractivity (Wildman–Crippen MR) is 61.5 cm³/mol. The molecule has 2 amide bonds. The topological polar surface area (TPSA) is 78.9 Å². The number of benzene rings is 1. The molecule has 0 aliphatic carbocycles. The van der Waals surface area contributed by atoms with Crippen LogP contribution >= 0.6 is 0 Å². The van der Waals surface area contributed by atoms with Gasteiger partial charge in [0.1, 0.15) is 5.82 Å². The second-order valence-electron chi connectivity index (χ2n) is 3.29. The highest BCUT2D eigenvalue weighted by Gasteiger charge is 2.17. The first-order chi connectivity index (χ1) is 8.56. The van der Waals surface area contributed by atoms with Crippen LogP contribution in [-0.4, -0.2) is 30.3 Å². The highest BCUT2D eigenvalue weighted by Crippen LogP contribution is 2.18. The molecule has 0 saturated carbocycles. The minimum atomic E-state index is -1.22. The summed E-state index contributed by atoms with van der Waals surface area (Å²) in [5.41, 5.74) is 2.02. The molecule has 0 fully saturated rings. The largest absolute Gasteiger partial charge is 0.479 e. The van der Waals surface area contributed by atoms with E-state index >= 15 is 0 Å². The number of para-hydroxylation sites is 1. The summed E-state index contributed by atoms with van der Waals surface area (Å²) in [4.78, 5) is 27.4. The zero-order valence-electron chi connectivity index (χ0n) is 9.72.